The predicted molar refractivity (Wildman–Crippen MR) is 139 cm³/mol. The molecule has 2 aliphatic rings. The Balaban J connectivity index is 1.47. The molecule has 0 unspecified atom stereocenters. The molecule has 8 nitrogen and oxygen atoms in total. The summed E-state index contributed by atoms with van der Waals surface area (Å²) in [5.74, 6) is -0.725. The second-order valence-electron chi connectivity index (χ2n) is 10.3. The number of hydrogen-bond donors (Lipinski definition) is 2. The Hall–Kier alpha value is -3.67. The van der Waals surface area contributed by atoms with Gasteiger partial charge in [-0.15, -0.1) is 0 Å². The molecule has 1 atom stereocenters. The van der Waals surface area contributed by atoms with Gasteiger partial charge in [-0.2, -0.15) is 13.2 Å². The summed E-state index contributed by atoms with van der Waals surface area (Å²) in [6.07, 6.45) is 0.120. The lowest BCUT2D eigenvalue weighted by molar-refractivity contribution is -0.148. The maximum atomic E-state index is 13.9. The summed E-state index contributed by atoms with van der Waals surface area (Å²) in [5.41, 5.74) is -0.903. The highest BCUT2D eigenvalue weighted by Crippen LogP contribution is 2.47. The number of sulfonamides is 1. The highest BCUT2D eigenvalue weighted by molar-refractivity contribution is 7.92. The fourth-order valence-electron chi connectivity index (χ4n) is 5.00. The minimum atomic E-state index is -4.69. The van der Waals surface area contributed by atoms with E-state index in [9.17, 15) is 31.5 Å². The van der Waals surface area contributed by atoms with Gasteiger partial charge in [0.25, 0.3) is 10.0 Å². The molecule has 5 rings (SSSR count). The summed E-state index contributed by atoms with van der Waals surface area (Å²) in [7, 11) is -4.26. The van der Waals surface area contributed by atoms with Crippen molar-refractivity contribution < 1.29 is 31.5 Å². The molecule has 1 aromatic carbocycles. The van der Waals surface area contributed by atoms with Gasteiger partial charge in [-0.1, -0.05) is 24.3 Å². The zero-order chi connectivity index (χ0) is 28.0. The van der Waals surface area contributed by atoms with E-state index in [1.807, 2.05) is 0 Å². The van der Waals surface area contributed by atoms with Crippen LogP contribution < -0.4 is 9.62 Å². The van der Waals surface area contributed by atoms with E-state index in [0.717, 1.165) is 24.5 Å². The van der Waals surface area contributed by atoms with Crippen molar-refractivity contribution in [3.8, 4) is 11.1 Å². The number of halogens is 3. The van der Waals surface area contributed by atoms with Gasteiger partial charge >= 0.3 is 12.1 Å². The van der Waals surface area contributed by atoms with Gasteiger partial charge in [0.15, 0.2) is 0 Å². The van der Waals surface area contributed by atoms with Crippen molar-refractivity contribution in [1.29, 1.82) is 0 Å². The van der Waals surface area contributed by atoms with E-state index < -0.39 is 33.1 Å². The van der Waals surface area contributed by atoms with E-state index in [1.165, 1.54) is 18.3 Å². The standard InChI is InChI=1S/C27H27F3N4O4S/c1-26(25(35)36)10-4-12-34(16-26)24-13-18(9-11-31-24)39(37,38)33-23-14-21(22(15-32-23)27(28,29)30)20-6-3-2-5-19(20)17-7-8-17/h2-3,5-6,9,11,13-15,17H,4,7-8,10,12,16H2,1H3,(H,32,33)(H,35,36)/t26-/m0/s1. The van der Waals surface area contributed by atoms with E-state index in [0.29, 0.717) is 37.0 Å². The molecule has 3 heterocycles. The lowest BCUT2D eigenvalue weighted by Gasteiger charge is -2.38. The van der Waals surface area contributed by atoms with Gasteiger partial charge in [-0.25, -0.2) is 18.4 Å². The quantitative estimate of drug-likeness (QED) is 0.391. The Morgan fingerprint density at radius 2 is 1.87 bits per heavy atom. The molecular weight excluding hydrogens is 533 g/mol. The number of pyridine rings is 2. The Labute approximate surface area is 224 Å². The summed E-state index contributed by atoms with van der Waals surface area (Å²) in [5, 5.41) is 9.61. The second kappa shape index (κ2) is 9.82. The molecule has 1 saturated carbocycles. The average molecular weight is 561 g/mol. The van der Waals surface area contributed by atoms with Crippen molar-refractivity contribution in [2.45, 2.75) is 49.6 Å². The lowest BCUT2D eigenvalue weighted by Crippen LogP contribution is -2.46. The molecule has 2 N–H and O–H groups in total. The Bertz CT molecular complexity index is 1530. The topological polar surface area (TPSA) is 112 Å². The third-order valence-corrected chi connectivity index (χ3v) is 8.63. The summed E-state index contributed by atoms with van der Waals surface area (Å²) in [4.78, 5) is 21.3. The van der Waals surface area contributed by atoms with E-state index in [-0.39, 0.29) is 28.7 Å². The smallest absolute Gasteiger partial charge is 0.418 e. The van der Waals surface area contributed by atoms with Crippen LogP contribution in [-0.2, 0) is 21.0 Å². The maximum Gasteiger partial charge on any atom is 0.418 e. The van der Waals surface area contributed by atoms with Crippen LogP contribution in [0.25, 0.3) is 11.1 Å². The van der Waals surface area contributed by atoms with Crippen molar-refractivity contribution >= 4 is 27.6 Å². The van der Waals surface area contributed by atoms with Gasteiger partial charge < -0.3 is 10.0 Å². The molecule has 0 spiro atoms. The highest BCUT2D eigenvalue weighted by Gasteiger charge is 2.39. The van der Waals surface area contributed by atoms with Gasteiger partial charge in [0.2, 0.25) is 0 Å². The summed E-state index contributed by atoms with van der Waals surface area (Å²) >= 11 is 0. The van der Waals surface area contributed by atoms with Crippen molar-refractivity contribution in [3.63, 3.8) is 0 Å². The molecule has 0 radical (unpaired) electrons. The normalized spacial score (nSPS) is 20.1. The molecule has 2 fully saturated rings. The molecule has 0 amide bonds. The number of hydrogen-bond acceptors (Lipinski definition) is 6. The number of rotatable bonds is 7. The van der Waals surface area contributed by atoms with Gasteiger partial charge in [0, 0.05) is 31.5 Å². The summed E-state index contributed by atoms with van der Waals surface area (Å²) < 4.78 is 70.6. The number of aliphatic carboxylic acids is 1. The van der Waals surface area contributed by atoms with Crippen LogP contribution in [0, 0.1) is 5.41 Å². The molecule has 206 valence electrons. The molecule has 0 bridgehead atoms. The third kappa shape index (κ3) is 5.56. The van der Waals surface area contributed by atoms with Crippen LogP contribution in [-0.4, -0.2) is 42.6 Å². The van der Waals surface area contributed by atoms with E-state index in [2.05, 4.69) is 14.7 Å². The molecule has 1 saturated heterocycles. The number of nitrogens with zero attached hydrogens (tertiary/aromatic N) is 3. The third-order valence-electron chi connectivity index (χ3n) is 7.28. The average Bonchev–Trinajstić information content (AvgIpc) is 3.73. The van der Waals surface area contributed by atoms with Crippen LogP contribution in [0.1, 0.15) is 49.7 Å². The first-order chi connectivity index (χ1) is 18.4. The molecule has 1 aliphatic carbocycles. The number of carboxylic acid groups (broad SMARTS) is 1. The number of alkyl halides is 3. The first-order valence-electron chi connectivity index (χ1n) is 12.5. The molecule has 3 aromatic rings. The Morgan fingerprint density at radius 3 is 2.56 bits per heavy atom. The molecule has 12 heteroatoms. The van der Waals surface area contributed by atoms with Crippen molar-refractivity contribution in [2.75, 3.05) is 22.7 Å². The summed E-state index contributed by atoms with van der Waals surface area (Å²) in [6.45, 7) is 2.31. The molecule has 1 aliphatic heterocycles. The summed E-state index contributed by atoms with van der Waals surface area (Å²) in [6, 6.07) is 10.5. The van der Waals surface area contributed by atoms with Crippen LogP contribution in [0.4, 0.5) is 24.8 Å². The first-order valence-corrected chi connectivity index (χ1v) is 14.0. The number of aromatic nitrogens is 2. The van der Waals surface area contributed by atoms with Crippen molar-refractivity contribution in [1.82, 2.24) is 9.97 Å². The number of carboxylic acids is 1. The van der Waals surface area contributed by atoms with Gasteiger partial charge in [0.05, 0.1) is 15.9 Å². The number of piperidine rings is 1. The second-order valence-corrected chi connectivity index (χ2v) is 12.0. The molecular formula is C27H27F3N4O4S. The zero-order valence-electron chi connectivity index (χ0n) is 21.1. The first kappa shape index (κ1) is 26.9. The Kier molecular flexibility index (Phi) is 6.78. The number of carbonyl (C=O) groups is 1. The number of anilines is 2. The van der Waals surface area contributed by atoms with Crippen molar-refractivity contribution in [3.05, 3.63) is 66.0 Å². The van der Waals surface area contributed by atoms with Gasteiger partial charge in [0.1, 0.15) is 11.6 Å². The minimum Gasteiger partial charge on any atom is -0.481 e. The largest absolute Gasteiger partial charge is 0.481 e. The predicted octanol–water partition coefficient (Wildman–Crippen LogP) is 5.53. The van der Waals surface area contributed by atoms with Crippen LogP contribution in [0.15, 0.2) is 59.8 Å². The van der Waals surface area contributed by atoms with Crippen LogP contribution in [0.2, 0.25) is 0 Å². The zero-order valence-corrected chi connectivity index (χ0v) is 21.9. The maximum absolute atomic E-state index is 13.9. The van der Waals surface area contributed by atoms with Crippen LogP contribution in [0.3, 0.4) is 0 Å². The van der Waals surface area contributed by atoms with Gasteiger partial charge in [-0.3, -0.25) is 9.52 Å². The van der Waals surface area contributed by atoms with Crippen LogP contribution >= 0.6 is 0 Å². The highest BCUT2D eigenvalue weighted by atomic mass is 32.2. The van der Waals surface area contributed by atoms with Crippen LogP contribution in [0.5, 0.6) is 0 Å². The van der Waals surface area contributed by atoms with E-state index in [4.69, 9.17) is 0 Å². The Morgan fingerprint density at radius 1 is 1.13 bits per heavy atom. The van der Waals surface area contributed by atoms with E-state index in [1.54, 1.807) is 36.1 Å². The monoisotopic (exact) mass is 560 g/mol. The number of nitrogens with one attached hydrogen (secondary N) is 1. The minimum absolute atomic E-state index is 0.144. The fourth-order valence-corrected chi connectivity index (χ4v) is 6.00. The molecule has 2 aromatic heterocycles. The molecule has 39 heavy (non-hydrogen) atoms. The van der Waals surface area contributed by atoms with E-state index >= 15 is 0 Å². The SMILES string of the molecule is C[C@]1(C(=O)O)CCCN(c2cc(S(=O)(=O)Nc3cc(-c4ccccc4C4CC4)c(C(F)(F)F)cn3)ccn2)C1. The lowest BCUT2D eigenvalue weighted by atomic mass is 9.82. The van der Waals surface area contributed by atoms with Crippen molar-refractivity contribution in [2.24, 2.45) is 5.41 Å². The number of benzene rings is 1. The van der Waals surface area contributed by atoms with Gasteiger partial charge in [-0.05, 0) is 67.3 Å². The fraction of sp³-hybridized carbons (Fsp3) is 0.370.